The summed E-state index contributed by atoms with van der Waals surface area (Å²) >= 11 is 0. The van der Waals surface area contributed by atoms with Gasteiger partial charge in [0.25, 0.3) is 5.92 Å². The smallest absolute Gasteiger partial charge is 0.281 e. The highest BCUT2D eigenvalue weighted by atomic mass is 19.3. The number of alkyl halides is 2. The Balaban J connectivity index is 2.69. The number of ether oxygens (including phenoxy) is 1. The number of aliphatic hydroxyl groups is 2. The predicted octanol–water partition coefficient (Wildman–Crippen LogP) is -1.02. The maximum Gasteiger partial charge on any atom is 0.281 e. The van der Waals surface area contributed by atoms with E-state index in [1.54, 1.807) is 0 Å². The Morgan fingerprint density at radius 2 is 2.23 bits per heavy atom. The summed E-state index contributed by atoms with van der Waals surface area (Å²) in [5.74, 6) is 1.31. The van der Waals surface area contributed by atoms with Gasteiger partial charge >= 0.3 is 0 Å². The first-order valence-electron chi connectivity index (χ1n) is 3.69. The minimum absolute atomic E-state index is 0.712. The normalized spacial score (nSPS) is 39.0. The van der Waals surface area contributed by atoms with E-state index in [9.17, 15) is 8.78 Å². The molecule has 0 saturated carbocycles. The molecule has 1 saturated heterocycles. The minimum atomic E-state index is -3.35. The van der Waals surface area contributed by atoms with Crippen LogP contribution in [-0.4, -0.2) is 41.2 Å². The van der Waals surface area contributed by atoms with E-state index in [4.69, 9.17) is 14.9 Å². The van der Waals surface area contributed by atoms with Crippen LogP contribution in [0.4, 0.5) is 8.78 Å². The second kappa shape index (κ2) is 3.81. The summed E-state index contributed by atoms with van der Waals surface area (Å²) in [5, 5.41) is 17.6. The monoisotopic (exact) mass is 199 g/mol. The zero-order chi connectivity index (χ0) is 10.1. The van der Waals surface area contributed by atoms with Crippen LogP contribution in [0.2, 0.25) is 0 Å². The summed E-state index contributed by atoms with van der Waals surface area (Å²) in [4.78, 5) is 4.08. The van der Waals surface area contributed by atoms with E-state index in [1.807, 2.05) is 0 Å². The molecule has 0 bridgehead atoms. The molecule has 0 aliphatic carbocycles. The molecular weight excluding hydrogens is 188 g/mol. The third kappa shape index (κ3) is 2.12. The highest BCUT2D eigenvalue weighted by Crippen LogP contribution is 2.33. The molecule has 0 aromatic rings. The lowest BCUT2D eigenvalue weighted by Gasteiger charge is -2.37. The molecule has 0 spiro atoms. The van der Waals surface area contributed by atoms with E-state index in [1.165, 1.54) is 0 Å². The molecule has 13 heavy (non-hydrogen) atoms. The van der Waals surface area contributed by atoms with Crippen molar-refractivity contribution in [2.75, 3.05) is 6.61 Å². The van der Waals surface area contributed by atoms with Crippen LogP contribution in [0.5, 0.6) is 0 Å². The van der Waals surface area contributed by atoms with Crippen molar-refractivity contribution in [3.8, 4) is 0 Å². The molecule has 0 radical (unpaired) electrons. The van der Waals surface area contributed by atoms with E-state index in [0.29, 0.717) is 0 Å². The zero-order valence-corrected chi connectivity index (χ0v) is 6.69. The SMILES string of the molecule is NOC1CC(F)(F)[C@H](O)[C@@H](CO)O1. The van der Waals surface area contributed by atoms with E-state index >= 15 is 0 Å². The summed E-state index contributed by atoms with van der Waals surface area (Å²) in [6, 6.07) is 0. The molecule has 5 nitrogen and oxygen atoms in total. The van der Waals surface area contributed by atoms with Gasteiger partial charge in [-0.15, -0.1) is 0 Å². The van der Waals surface area contributed by atoms with Crippen molar-refractivity contribution < 1.29 is 28.6 Å². The largest absolute Gasteiger partial charge is 0.394 e. The van der Waals surface area contributed by atoms with Crippen molar-refractivity contribution >= 4 is 0 Å². The molecule has 3 atom stereocenters. The van der Waals surface area contributed by atoms with Crippen LogP contribution in [0.1, 0.15) is 6.42 Å². The van der Waals surface area contributed by atoms with Crippen molar-refractivity contribution in [2.24, 2.45) is 5.90 Å². The van der Waals surface area contributed by atoms with Crippen LogP contribution < -0.4 is 5.90 Å². The fourth-order valence-electron chi connectivity index (χ4n) is 1.16. The van der Waals surface area contributed by atoms with Gasteiger partial charge in [-0.2, -0.15) is 0 Å². The van der Waals surface area contributed by atoms with Gasteiger partial charge in [-0.3, -0.25) is 4.84 Å². The van der Waals surface area contributed by atoms with Crippen LogP contribution in [0, 0.1) is 0 Å². The van der Waals surface area contributed by atoms with Crippen LogP contribution in [0.15, 0.2) is 0 Å². The van der Waals surface area contributed by atoms with E-state index in [0.717, 1.165) is 0 Å². The Morgan fingerprint density at radius 1 is 1.62 bits per heavy atom. The van der Waals surface area contributed by atoms with Crippen molar-refractivity contribution in [2.45, 2.75) is 30.8 Å². The van der Waals surface area contributed by atoms with Gasteiger partial charge in [-0.05, 0) is 0 Å². The molecule has 1 rings (SSSR count). The van der Waals surface area contributed by atoms with Crippen LogP contribution in [0.25, 0.3) is 0 Å². The molecule has 0 aromatic heterocycles. The van der Waals surface area contributed by atoms with Gasteiger partial charge in [-0.1, -0.05) is 0 Å². The molecular formula is C6H11F2NO4. The first kappa shape index (κ1) is 10.7. The van der Waals surface area contributed by atoms with Crippen molar-refractivity contribution in [3.05, 3.63) is 0 Å². The third-order valence-electron chi connectivity index (χ3n) is 1.88. The Labute approximate surface area is 73.0 Å². The highest BCUT2D eigenvalue weighted by molar-refractivity contribution is 4.88. The van der Waals surface area contributed by atoms with Crippen molar-refractivity contribution in [1.29, 1.82) is 0 Å². The van der Waals surface area contributed by atoms with Gasteiger partial charge < -0.3 is 14.9 Å². The zero-order valence-electron chi connectivity index (χ0n) is 6.69. The van der Waals surface area contributed by atoms with Crippen LogP contribution in [-0.2, 0) is 9.57 Å². The first-order chi connectivity index (χ1) is 6.01. The molecule has 0 aromatic carbocycles. The molecule has 1 aliphatic rings. The molecule has 4 N–H and O–H groups in total. The van der Waals surface area contributed by atoms with Gasteiger partial charge in [0.05, 0.1) is 13.0 Å². The van der Waals surface area contributed by atoms with Crippen molar-refractivity contribution in [1.82, 2.24) is 0 Å². The first-order valence-corrected chi connectivity index (χ1v) is 3.69. The van der Waals surface area contributed by atoms with Gasteiger partial charge in [0.1, 0.15) is 12.2 Å². The number of hydrogen-bond donors (Lipinski definition) is 3. The molecule has 1 aliphatic heterocycles. The Morgan fingerprint density at radius 3 is 2.69 bits per heavy atom. The Hall–Kier alpha value is -0.340. The minimum Gasteiger partial charge on any atom is -0.394 e. The lowest BCUT2D eigenvalue weighted by Crippen LogP contribution is -2.54. The standard InChI is InChI=1S/C6H11F2NO4/c7-6(8)1-4(13-9)12-3(2-10)5(6)11/h3-5,10-11H,1-2,9H2/t3-,4?,5-/m1/s1. The average Bonchev–Trinajstić information content (AvgIpc) is 2.09. The third-order valence-corrected chi connectivity index (χ3v) is 1.88. The summed E-state index contributed by atoms with van der Waals surface area (Å²) in [6.45, 7) is -0.712. The van der Waals surface area contributed by atoms with E-state index < -0.39 is 37.4 Å². The number of rotatable bonds is 2. The summed E-state index contributed by atoms with van der Waals surface area (Å²) in [5.41, 5.74) is 0. The second-order valence-electron chi connectivity index (χ2n) is 2.83. The maximum atomic E-state index is 12.9. The fourth-order valence-corrected chi connectivity index (χ4v) is 1.16. The summed E-state index contributed by atoms with van der Waals surface area (Å²) < 4.78 is 30.5. The molecule has 78 valence electrons. The molecule has 1 fully saturated rings. The Kier molecular flexibility index (Phi) is 3.14. The average molecular weight is 199 g/mol. The second-order valence-corrected chi connectivity index (χ2v) is 2.83. The number of halogens is 2. The molecule has 1 unspecified atom stereocenters. The lowest BCUT2D eigenvalue weighted by molar-refractivity contribution is -0.299. The molecule has 1 heterocycles. The van der Waals surface area contributed by atoms with E-state index in [2.05, 4.69) is 10.7 Å². The number of aliphatic hydroxyl groups excluding tert-OH is 2. The maximum absolute atomic E-state index is 12.9. The van der Waals surface area contributed by atoms with Crippen LogP contribution >= 0.6 is 0 Å². The molecule has 7 heteroatoms. The summed E-state index contributed by atoms with van der Waals surface area (Å²) in [6.07, 6.45) is -5.50. The summed E-state index contributed by atoms with van der Waals surface area (Å²) in [7, 11) is 0. The fraction of sp³-hybridized carbons (Fsp3) is 1.00. The van der Waals surface area contributed by atoms with Crippen LogP contribution in [0.3, 0.4) is 0 Å². The number of nitrogens with two attached hydrogens (primary N) is 1. The molecule has 0 amide bonds. The predicted molar refractivity (Wildman–Crippen MR) is 36.6 cm³/mol. The van der Waals surface area contributed by atoms with Gasteiger partial charge in [-0.25, -0.2) is 14.7 Å². The van der Waals surface area contributed by atoms with E-state index in [-0.39, 0.29) is 0 Å². The van der Waals surface area contributed by atoms with Crippen molar-refractivity contribution in [3.63, 3.8) is 0 Å². The van der Waals surface area contributed by atoms with Gasteiger partial charge in [0.2, 0.25) is 0 Å². The van der Waals surface area contributed by atoms with Gasteiger partial charge in [0.15, 0.2) is 6.29 Å². The number of hydrogen-bond acceptors (Lipinski definition) is 5. The quantitative estimate of drug-likeness (QED) is 0.496. The highest BCUT2D eigenvalue weighted by Gasteiger charge is 2.50. The van der Waals surface area contributed by atoms with Gasteiger partial charge in [0, 0.05) is 0 Å². The topological polar surface area (TPSA) is 84.9 Å². The lowest BCUT2D eigenvalue weighted by atomic mass is 10.0. The Bertz CT molecular complexity index is 180.